The molecular formula is C16H15ClN2O2. The van der Waals surface area contributed by atoms with Crippen molar-refractivity contribution in [3.05, 3.63) is 68.2 Å². The third-order valence-electron chi connectivity index (χ3n) is 3.92. The maximum Gasteiger partial charge on any atom is 0.272 e. The van der Waals surface area contributed by atoms with Crippen LogP contribution in [0.2, 0.25) is 5.02 Å². The molecule has 1 aliphatic carbocycles. The number of aryl methyl sites for hydroxylation is 2. The van der Waals surface area contributed by atoms with E-state index >= 15 is 0 Å². The standard InChI is InChI=1S/C16H15ClN2O2/c1-10-8-13(4-7-16(10)19(20)21)18-15-6-2-11-9-12(17)3-5-14(11)15/h3-5,7-9,15,18H,2,6H2,1H3. The maximum atomic E-state index is 10.8. The topological polar surface area (TPSA) is 55.2 Å². The number of nitrogens with zero attached hydrogens (tertiary/aromatic N) is 1. The molecule has 1 aliphatic rings. The second-order valence-electron chi connectivity index (χ2n) is 5.34. The Hall–Kier alpha value is -2.07. The van der Waals surface area contributed by atoms with Crippen LogP contribution in [0, 0.1) is 17.0 Å². The lowest BCUT2D eigenvalue weighted by molar-refractivity contribution is -0.385. The highest BCUT2D eigenvalue weighted by atomic mass is 35.5. The Bertz CT molecular complexity index is 715. The molecule has 0 aliphatic heterocycles. The van der Waals surface area contributed by atoms with Crippen molar-refractivity contribution in [3.8, 4) is 0 Å². The van der Waals surface area contributed by atoms with Crippen molar-refractivity contribution < 1.29 is 4.92 Å². The fraction of sp³-hybridized carbons (Fsp3) is 0.250. The normalized spacial score (nSPS) is 16.6. The van der Waals surface area contributed by atoms with Crippen LogP contribution < -0.4 is 5.32 Å². The van der Waals surface area contributed by atoms with Gasteiger partial charge in [0.25, 0.3) is 5.69 Å². The van der Waals surface area contributed by atoms with Gasteiger partial charge in [0.05, 0.1) is 11.0 Å². The van der Waals surface area contributed by atoms with Gasteiger partial charge in [-0.1, -0.05) is 17.7 Å². The van der Waals surface area contributed by atoms with Gasteiger partial charge < -0.3 is 5.32 Å². The predicted octanol–water partition coefficient (Wildman–Crippen LogP) is 4.66. The molecule has 3 rings (SSSR count). The minimum Gasteiger partial charge on any atom is -0.378 e. The third kappa shape index (κ3) is 2.72. The molecular weight excluding hydrogens is 288 g/mol. The number of anilines is 1. The SMILES string of the molecule is Cc1cc(NC2CCc3cc(Cl)ccc32)ccc1[N+](=O)[O-]. The summed E-state index contributed by atoms with van der Waals surface area (Å²) in [5.41, 5.74) is 4.26. The highest BCUT2D eigenvalue weighted by molar-refractivity contribution is 6.30. The lowest BCUT2D eigenvalue weighted by Gasteiger charge is -2.16. The zero-order valence-electron chi connectivity index (χ0n) is 11.6. The van der Waals surface area contributed by atoms with E-state index in [9.17, 15) is 10.1 Å². The molecule has 1 unspecified atom stereocenters. The highest BCUT2D eigenvalue weighted by Crippen LogP contribution is 2.35. The molecule has 2 aromatic rings. The summed E-state index contributed by atoms with van der Waals surface area (Å²) in [5.74, 6) is 0. The number of nitrogens with one attached hydrogen (secondary N) is 1. The van der Waals surface area contributed by atoms with E-state index in [0.717, 1.165) is 23.6 Å². The fourth-order valence-corrected chi connectivity index (χ4v) is 3.08. The van der Waals surface area contributed by atoms with E-state index in [2.05, 4.69) is 11.4 Å². The quantitative estimate of drug-likeness (QED) is 0.663. The van der Waals surface area contributed by atoms with Gasteiger partial charge in [0.1, 0.15) is 0 Å². The van der Waals surface area contributed by atoms with Crippen LogP contribution in [0.5, 0.6) is 0 Å². The molecule has 0 fully saturated rings. The van der Waals surface area contributed by atoms with Crippen LogP contribution in [-0.4, -0.2) is 4.92 Å². The van der Waals surface area contributed by atoms with Crippen LogP contribution in [0.15, 0.2) is 36.4 Å². The van der Waals surface area contributed by atoms with E-state index in [4.69, 9.17) is 11.6 Å². The van der Waals surface area contributed by atoms with Crippen molar-refractivity contribution in [3.63, 3.8) is 0 Å². The first-order valence-electron chi connectivity index (χ1n) is 6.84. The van der Waals surface area contributed by atoms with Crippen LogP contribution in [0.25, 0.3) is 0 Å². The first-order chi connectivity index (χ1) is 10.0. The van der Waals surface area contributed by atoms with Gasteiger partial charge >= 0.3 is 0 Å². The molecule has 21 heavy (non-hydrogen) atoms. The molecule has 0 bridgehead atoms. The number of benzene rings is 2. The summed E-state index contributed by atoms with van der Waals surface area (Å²) in [6.07, 6.45) is 2.01. The van der Waals surface area contributed by atoms with Crippen molar-refractivity contribution in [1.29, 1.82) is 0 Å². The Morgan fingerprint density at radius 3 is 2.81 bits per heavy atom. The average Bonchev–Trinajstić information content (AvgIpc) is 2.80. The van der Waals surface area contributed by atoms with Crippen molar-refractivity contribution in [1.82, 2.24) is 0 Å². The van der Waals surface area contributed by atoms with Crippen LogP contribution in [-0.2, 0) is 6.42 Å². The minimum absolute atomic E-state index is 0.152. The first kappa shape index (κ1) is 13.9. The Balaban J connectivity index is 1.83. The molecule has 2 aromatic carbocycles. The van der Waals surface area contributed by atoms with Gasteiger partial charge in [-0.2, -0.15) is 0 Å². The number of hydrogen-bond acceptors (Lipinski definition) is 3. The van der Waals surface area contributed by atoms with E-state index in [1.54, 1.807) is 19.1 Å². The summed E-state index contributed by atoms with van der Waals surface area (Å²) in [5, 5.41) is 15.1. The van der Waals surface area contributed by atoms with Gasteiger partial charge in [-0.25, -0.2) is 0 Å². The van der Waals surface area contributed by atoms with E-state index in [1.165, 1.54) is 11.1 Å². The molecule has 0 saturated heterocycles. The van der Waals surface area contributed by atoms with E-state index in [-0.39, 0.29) is 16.7 Å². The molecule has 0 heterocycles. The second kappa shape index (κ2) is 5.37. The Morgan fingerprint density at radius 2 is 2.10 bits per heavy atom. The van der Waals surface area contributed by atoms with Crippen LogP contribution in [0.3, 0.4) is 0 Å². The van der Waals surface area contributed by atoms with Crippen molar-refractivity contribution in [2.45, 2.75) is 25.8 Å². The molecule has 5 heteroatoms. The minimum atomic E-state index is -0.355. The lowest BCUT2D eigenvalue weighted by Crippen LogP contribution is -2.07. The molecule has 0 saturated carbocycles. The van der Waals surface area contributed by atoms with Gasteiger partial charge in [0.2, 0.25) is 0 Å². The first-order valence-corrected chi connectivity index (χ1v) is 7.22. The molecule has 0 radical (unpaired) electrons. The van der Waals surface area contributed by atoms with Gasteiger partial charge in [-0.05, 0) is 55.2 Å². The van der Waals surface area contributed by atoms with Crippen LogP contribution in [0.4, 0.5) is 11.4 Å². The number of fused-ring (bicyclic) bond motifs is 1. The highest BCUT2D eigenvalue weighted by Gasteiger charge is 2.22. The smallest absolute Gasteiger partial charge is 0.272 e. The summed E-state index contributed by atoms with van der Waals surface area (Å²) in [6.45, 7) is 1.76. The number of nitro groups is 1. The molecule has 0 aromatic heterocycles. The predicted molar refractivity (Wildman–Crippen MR) is 84.0 cm³/mol. The summed E-state index contributed by atoms with van der Waals surface area (Å²) >= 11 is 6.01. The maximum absolute atomic E-state index is 10.8. The van der Waals surface area contributed by atoms with Gasteiger partial charge in [0.15, 0.2) is 0 Å². The lowest BCUT2D eigenvalue weighted by atomic mass is 10.1. The second-order valence-corrected chi connectivity index (χ2v) is 5.77. The summed E-state index contributed by atoms with van der Waals surface area (Å²) in [6, 6.07) is 11.3. The van der Waals surface area contributed by atoms with Gasteiger partial charge in [0, 0.05) is 22.3 Å². The number of nitro benzene ring substituents is 1. The molecule has 0 amide bonds. The third-order valence-corrected chi connectivity index (χ3v) is 4.15. The van der Waals surface area contributed by atoms with Crippen LogP contribution in [0.1, 0.15) is 29.2 Å². The monoisotopic (exact) mass is 302 g/mol. The van der Waals surface area contributed by atoms with E-state index < -0.39 is 0 Å². The van der Waals surface area contributed by atoms with Gasteiger partial charge in [-0.15, -0.1) is 0 Å². The summed E-state index contributed by atoms with van der Waals surface area (Å²) in [7, 11) is 0. The van der Waals surface area contributed by atoms with E-state index in [0.29, 0.717) is 5.56 Å². The van der Waals surface area contributed by atoms with Crippen molar-refractivity contribution >= 4 is 23.0 Å². The molecule has 1 N–H and O–H groups in total. The summed E-state index contributed by atoms with van der Waals surface area (Å²) in [4.78, 5) is 10.5. The summed E-state index contributed by atoms with van der Waals surface area (Å²) < 4.78 is 0. The Morgan fingerprint density at radius 1 is 1.29 bits per heavy atom. The number of halogens is 1. The molecule has 108 valence electrons. The Kier molecular flexibility index (Phi) is 3.55. The zero-order chi connectivity index (χ0) is 15.0. The Labute approximate surface area is 127 Å². The van der Waals surface area contributed by atoms with E-state index in [1.807, 2.05) is 18.2 Å². The number of rotatable bonds is 3. The zero-order valence-corrected chi connectivity index (χ0v) is 12.4. The largest absolute Gasteiger partial charge is 0.378 e. The average molecular weight is 303 g/mol. The molecule has 4 nitrogen and oxygen atoms in total. The van der Waals surface area contributed by atoms with Crippen LogP contribution >= 0.6 is 11.6 Å². The molecule has 1 atom stereocenters. The van der Waals surface area contributed by atoms with Crippen molar-refractivity contribution in [2.24, 2.45) is 0 Å². The molecule has 0 spiro atoms. The van der Waals surface area contributed by atoms with Gasteiger partial charge in [-0.3, -0.25) is 10.1 Å². The fourth-order valence-electron chi connectivity index (χ4n) is 2.89. The number of hydrogen-bond donors (Lipinski definition) is 1. The van der Waals surface area contributed by atoms with Crippen molar-refractivity contribution in [2.75, 3.05) is 5.32 Å².